The number of Topliss-reactive ketones (excluding diaryl/α,β-unsaturated/α-hetero) is 2. The second kappa shape index (κ2) is 25.1. The Hall–Kier alpha value is -5.59. The van der Waals surface area contributed by atoms with Crippen molar-refractivity contribution < 1.29 is 91.9 Å². The maximum Gasteiger partial charge on any atom is 0.454 e. The van der Waals surface area contributed by atoms with Crippen LogP contribution in [0.2, 0.25) is 20.1 Å². The third-order valence-corrected chi connectivity index (χ3v) is 10.6. The molecule has 2 aliphatic heterocycles. The molecule has 2 aliphatic rings. The van der Waals surface area contributed by atoms with E-state index in [1.807, 2.05) is 0 Å². The van der Waals surface area contributed by atoms with Crippen LogP contribution in [0.3, 0.4) is 0 Å². The molecule has 1 atom stereocenters. The number of ketones is 2. The Balaban J connectivity index is 0.000000257. The largest absolute Gasteiger partial charge is 0.454 e. The Bertz CT molecular complexity index is 2900. The van der Waals surface area contributed by atoms with E-state index in [0.717, 1.165) is 37.3 Å². The fraction of sp³-hybridized carbons (Fsp3) is 0.244. The summed E-state index contributed by atoms with van der Waals surface area (Å²) in [5.74, 6) is -6.97. The number of hydrogen-bond donors (Lipinski definition) is 7. The van der Waals surface area contributed by atoms with E-state index in [9.17, 15) is 86.7 Å². The second-order valence-corrected chi connectivity index (χ2v) is 16.7. The van der Waals surface area contributed by atoms with Crippen molar-refractivity contribution in [2.24, 2.45) is 4.99 Å². The number of amides is 4. The molecule has 4 aromatic carbocycles. The zero-order valence-electron chi connectivity index (χ0n) is 35.9. The van der Waals surface area contributed by atoms with E-state index in [4.69, 9.17) is 51.6 Å². The molecule has 15 nitrogen and oxygen atoms in total. The van der Waals surface area contributed by atoms with Crippen molar-refractivity contribution >= 4 is 120 Å². The van der Waals surface area contributed by atoms with Crippen molar-refractivity contribution in [2.75, 3.05) is 40.9 Å². The standard InChI is InChI=1S/C11H10ClF3N2O.C10H6BrClF3NO2.C10H8ClF3N2O3.C10H6ClF3N2O2/c1-10(11(13,14)15)7-4-6(12)2-3-8(7)17-9(18)5-16-10;11-4-8(17)16-7-2-1-5(12)3-6(7)9(18)10(13,14)15;11-5-1-2-7(16-8(17)4-15-19)6(3-5)9(18)10(12,13)14;11-5-1-2-7-6(3-5)9(10(12,13)14)16(18)4-8(17)15-7/h2-4,16H,5H2,1H3,(H,17,18);1-3H,4H2,(H,16,17);1-3,15,19H,4H2,(H,16,17);1-3,18H,4H2. The smallest absolute Gasteiger partial charge is 0.325 e. The minimum atomic E-state index is -5.08. The Morgan fingerprint density at radius 3 is 1.66 bits per heavy atom. The molecular formula is C41H30BrCl4F12N7O8. The minimum absolute atomic E-state index is 0.0283. The lowest BCUT2D eigenvalue weighted by Gasteiger charge is -2.32. The lowest BCUT2D eigenvalue weighted by atomic mass is 9.90. The number of anilines is 3. The van der Waals surface area contributed by atoms with Crippen molar-refractivity contribution in [3.8, 4) is 0 Å². The number of halogens is 17. The molecule has 7 N–H and O–H groups in total. The number of alkyl halides is 13. The number of carbonyl (C=O) groups excluding carboxylic acids is 6. The highest BCUT2D eigenvalue weighted by molar-refractivity contribution is 9.09. The predicted octanol–water partition coefficient (Wildman–Crippen LogP) is 8.94. The zero-order valence-corrected chi connectivity index (χ0v) is 40.5. The number of nitrogens with one attached hydrogen (secondary N) is 5. The number of carbonyl (C=O) groups is 6. The van der Waals surface area contributed by atoms with Crippen LogP contribution in [0.15, 0.2) is 77.8 Å². The van der Waals surface area contributed by atoms with Gasteiger partial charge in [0.25, 0.3) is 17.5 Å². The molecule has 0 aromatic heterocycles. The molecule has 6 rings (SSSR count). The summed E-state index contributed by atoms with van der Waals surface area (Å²) in [7, 11) is 0. The zero-order chi connectivity index (χ0) is 55.6. The van der Waals surface area contributed by atoms with E-state index in [2.05, 4.69) is 42.2 Å². The molecule has 0 saturated heterocycles. The molecule has 1 unspecified atom stereocenters. The first-order chi connectivity index (χ1) is 33.5. The first-order valence-corrected chi connectivity index (χ1v) is 21.9. The number of hydroxylamine groups is 3. The van der Waals surface area contributed by atoms with Gasteiger partial charge in [-0.15, -0.1) is 0 Å². The number of fused-ring (bicyclic) bond motifs is 2. The number of nitrogens with zero attached hydrogens (tertiary/aromatic N) is 2. The van der Waals surface area contributed by atoms with Gasteiger partial charge in [0.1, 0.15) is 18.6 Å². The first kappa shape index (κ1) is 61.7. The van der Waals surface area contributed by atoms with Gasteiger partial charge < -0.3 is 21.2 Å². The Morgan fingerprint density at radius 2 is 1.19 bits per heavy atom. The molecule has 4 aromatic rings. The summed E-state index contributed by atoms with van der Waals surface area (Å²) in [6, 6.07) is 13.9. The molecule has 2 heterocycles. The summed E-state index contributed by atoms with van der Waals surface area (Å²) < 4.78 is 152. The summed E-state index contributed by atoms with van der Waals surface area (Å²) in [6.45, 7) is -0.825. The second-order valence-electron chi connectivity index (χ2n) is 14.4. The molecule has 0 radical (unpaired) electrons. The summed E-state index contributed by atoms with van der Waals surface area (Å²) >= 11 is 25.3. The average molecular weight is 1200 g/mol. The van der Waals surface area contributed by atoms with Crippen molar-refractivity contribution in [3.63, 3.8) is 0 Å². The number of rotatable bonds is 7. The van der Waals surface area contributed by atoms with Gasteiger partial charge in [-0.05, 0) is 79.7 Å². The van der Waals surface area contributed by atoms with Crippen LogP contribution < -0.4 is 37.3 Å². The highest BCUT2D eigenvalue weighted by Gasteiger charge is 2.54. The van der Waals surface area contributed by atoms with Crippen LogP contribution in [0, 0.1) is 0 Å². The van der Waals surface area contributed by atoms with E-state index in [-0.39, 0.29) is 58.5 Å². The van der Waals surface area contributed by atoms with E-state index >= 15 is 0 Å². The highest BCUT2D eigenvalue weighted by Crippen LogP contribution is 2.43. The fourth-order valence-electron chi connectivity index (χ4n) is 5.83. The number of hydrogen-bond acceptors (Lipinski definition) is 11. The Morgan fingerprint density at radius 1 is 0.726 bits per heavy atom. The molecule has 0 fully saturated rings. The lowest BCUT2D eigenvalue weighted by Crippen LogP contribution is -2.52. The molecule has 73 heavy (non-hydrogen) atoms. The van der Waals surface area contributed by atoms with Crippen LogP contribution in [-0.2, 0) is 24.7 Å². The SMILES string of the molecule is CC1(C(F)(F)F)NCC(=O)Nc2ccc(Cl)cc21.O=C(CBr)Nc1ccc(Cl)cc1C(=O)C(F)(F)F.O=C(CNO)Nc1ccc(Cl)cc1C(=O)C(F)(F)F.O=C1CN(O)C(C(F)(F)F)=c2cc(Cl)ccc2=N1. The van der Waals surface area contributed by atoms with Crippen LogP contribution in [0.4, 0.5) is 69.7 Å². The molecule has 0 spiro atoms. The summed E-state index contributed by atoms with van der Waals surface area (Å²) in [5, 5.41) is 25.8. The van der Waals surface area contributed by atoms with Crippen LogP contribution in [0.1, 0.15) is 33.2 Å². The van der Waals surface area contributed by atoms with Gasteiger partial charge in [0.05, 0.1) is 39.7 Å². The van der Waals surface area contributed by atoms with Gasteiger partial charge in [0, 0.05) is 36.6 Å². The Labute approximate surface area is 429 Å². The van der Waals surface area contributed by atoms with Crippen molar-refractivity contribution in [2.45, 2.75) is 37.2 Å². The maximum atomic E-state index is 13.2. The van der Waals surface area contributed by atoms with Crippen LogP contribution >= 0.6 is 62.3 Å². The predicted molar refractivity (Wildman–Crippen MR) is 241 cm³/mol. The average Bonchev–Trinajstić information content (AvgIpc) is 3.49. The topological polar surface area (TPSA) is 219 Å². The quantitative estimate of drug-likeness (QED) is 0.0401. The van der Waals surface area contributed by atoms with Gasteiger partial charge in [-0.1, -0.05) is 62.3 Å². The van der Waals surface area contributed by atoms with Crippen molar-refractivity contribution in [3.05, 3.63) is 120 Å². The third kappa shape index (κ3) is 17.2. The van der Waals surface area contributed by atoms with Crippen LogP contribution in [-0.4, -0.2) is 100 Å². The minimum Gasteiger partial charge on any atom is -0.325 e. The fourth-order valence-corrected chi connectivity index (χ4v) is 6.66. The normalized spacial score (nSPS) is 15.6. The van der Waals surface area contributed by atoms with Gasteiger partial charge in [0.2, 0.25) is 17.7 Å². The maximum absolute atomic E-state index is 13.2. The van der Waals surface area contributed by atoms with E-state index in [1.54, 1.807) is 0 Å². The monoisotopic (exact) mass is 1190 g/mol. The highest BCUT2D eigenvalue weighted by atomic mass is 79.9. The summed E-state index contributed by atoms with van der Waals surface area (Å²) in [6.07, 6.45) is -19.5. The number of benzene rings is 4. The van der Waals surface area contributed by atoms with Gasteiger partial charge in [-0.3, -0.25) is 39.3 Å². The van der Waals surface area contributed by atoms with Gasteiger partial charge in [-0.2, -0.15) is 58.2 Å². The summed E-state index contributed by atoms with van der Waals surface area (Å²) in [4.78, 5) is 70.7. The van der Waals surface area contributed by atoms with Gasteiger partial charge >= 0.3 is 24.7 Å². The summed E-state index contributed by atoms with van der Waals surface area (Å²) in [5.41, 5.74) is -4.14. The van der Waals surface area contributed by atoms with Crippen LogP contribution in [0.25, 0.3) is 5.70 Å². The van der Waals surface area contributed by atoms with E-state index in [1.165, 1.54) is 47.9 Å². The van der Waals surface area contributed by atoms with Gasteiger partial charge in [0.15, 0.2) is 5.70 Å². The first-order valence-electron chi connectivity index (χ1n) is 19.2. The molecule has 396 valence electrons. The third-order valence-electron chi connectivity index (χ3n) is 9.11. The Kier molecular flexibility index (Phi) is 21.2. The van der Waals surface area contributed by atoms with Crippen LogP contribution in [0.5, 0.6) is 0 Å². The molecule has 0 aliphatic carbocycles. The van der Waals surface area contributed by atoms with Crippen molar-refractivity contribution in [1.82, 2.24) is 15.9 Å². The molecule has 32 heteroatoms. The van der Waals surface area contributed by atoms with Crippen molar-refractivity contribution in [1.29, 1.82) is 0 Å². The van der Waals surface area contributed by atoms with Gasteiger partial charge in [-0.25, -0.2) is 10.1 Å². The molecular weight excluding hydrogens is 1170 g/mol. The van der Waals surface area contributed by atoms with E-state index < -0.39 is 107 Å². The molecule has 0 bridgehead atoms. The molecule has 0 saturated carbocycles. The molecule has 4 amide bonds. The lowest BCUT2D eigenvalue weighted by molar-refractivity contribution is -0.194. The van der Waals surface area contributed by atoms with E-state index in [0.29, 0.717) is 0 Å².